The first-order valence-corrected chi connectivity index (χ1v) is 27.9. The molecule has 0 bridgehead atoms. The Morgan fingerprint density at radius 2 is 0.667 bits per heavy atom. The van der Waals surface area contributed by atoms with Crippen molar-refractivity contribution in [1.29, 1.82) is 0 Å². The Bertz CT molecular complexity index is 997. The van der Waals surface area contributed by atoms with Gasteiger partial charge in [-0.25, -0.2) is 0 Å². The van der Waals surface area contributed by atoms with Crippen LogP contribution in [-0.4, -0.2) is 57.3 Å². The van der Waals surface area contributed by atoms with Crippen LogP contribution in [0.15, 0.2) is 36.5 Å². The topological polar surface area (TPSA) is 110 Å². The SMILES string of the molecule is CCCCCCCCCCC/C=C\CCCCCCC(O)C(=O)NC(CO)C(O)C(O)CCC/C=C/CC/C=C/CCCCCCCCCCCCCCCCCCCCCCC. The fourth-order valence-electron chi connectivity index (χ4n) is 8.65. The van der Waals surface area contributed by atoms with Crippen LogP contribution in [0.3, 0.4) is 0 Å². The maximum Gasteiger partial charge on any atom is 0.249 e. The number of aliphatic hydroxyl groups is 4. The molecule has 1 amide bonds. The highest BCUT2D eigenvalue weighted by molar-refractivity contribution is 5.80. The molecule has 0 aliphatic carbocycles. The normalized spacial score (nSPS) is 14.1. The first-order chi connectivity index (χ1) is 31.0. The lowest BCUT2D eigenvalue weighted by Gasteiger charge is -2.27. The van der Waals surface area contributed by atoms with E-state index in [0.29, 0.717) is 19.3 Å². The Morgan fingerprint density at radius 3 is 1.00 bits per heavy atom. The van der Waals surface area contributed by atoms with E-state index in [-0.39, 0.29) is 0 Å². The smallest absolute Gasteiger partial charge is 0.249 e. The molecule has 0 saturated carbocycles. The first kappa shape index (κ1) is 61.5. The number of hydrogen-bond acceptors (Lipinski definition) is 5. The minimum absolute atomic E-state index is 0.346. The standard InChI is InChI=1S/C57H109NO5/c1-3-5-7-9-11-13-15-17-19-21-22-23-24-25-26-27-28-29-30-31-32-33-35-36-38-40-42-44-46-48-50-54(60)56(62)53(52-59)58-57(63)55(61)51-49-47-45-43-41-39-37-34-20-18-16-14-12-10-8-6-4-2/h35-37,39,42,44,53-56,59-62H,3-34,38,40-41,43,45-52H2,1-2H3,(H,58,63)/b36-35+,39-37-,44-42+. The summed E-state index contributed by atoms with van der Waals surface area (Å²) in [5.74, 6) is -0.604. The second-order valence-electron chi connectivity index (χ2n) is 19.3. The zero-order valence-electron chi connectivity index (χ0n) is 42.1. The number of amides is 1. The van der Waals surface area contributed by atoms with E-state index in [4.69, 9.17) is 0 Å². The number of aliphatic hydroxyl groups excluding tert-OH is 4. The zero-order valence-corrected chi connectivity index (χ0v) is 42.1. The number of rotatable bonds is 51. The van der Waals surface area contributed by atoms with Gasteiger partial charge in [0.1, 0.15) is 12.2 Å². The fourth-order valence-corrected chi connectivity index (χ4v) is 8.65. The van der Waals surface area contributed by atoms with Gasteiger partial charge in [-0.2, -0.15) is 0 Å². The lowest BCUT2D eigenvalue weighted by Crippen LogP contribution is -2.53. The van der Waals surface area contributed by atoms with Gasteiger partial charge in [-0.1, -0.05) is 249 Å². The van der Waals surface area contributed by atoms with Crippen molar-refractivity contribution in [2.24, 2.45) is 0 Å². The second kappa shape index (κ2) is 51.5. The van der Waals surface area contributed by atoms with Gasteiger partial charge in [0.25, 0.3) is 0 Å². The van der Waals surface area contributed by atoms with E-state index in [0.717, 1.165) is 51.4 Å². The summed E-state index contributed by atoms with van der Waals surface area (Å²) >= 11 is 0. The van der Waals surface area contributed by atoms with Crippen LogP contribution in [0.1, 0.15) is 290 Å². The van der Waals surface area contributed by atoms with Crippen LogP contribution < -0.4 is 5.32 Å². The highest BCUT2D eigenvalue weighted by Crippen LogP contribution is 2.17. The third-order valence-corrected chi connectivity index (χ3v) is 13.1. The molecule has 4 atom stereocenters. The van der Waals surface area contributed by atoms with Crippen molar-refractivity contribution in [3.63, 3.8) is 0 Å². The third-order valence-electron chi connectivity index (χ3n) is 13.1. The highest BCUT2D eigenvalue weighted by atomic mass is 16.3. The summed E-state index contributed by atoms with van der Waals surface area (Å²) in [6.07, 6.45) is 63.6. The molecule has 0 radical (unpaired) electrons. The van der Waals surface area contributed by atoms with E-state index in [1.807, 2.05) is 0 Å². The van der Waals surface area contributed by atoms with Crippen LogP contribution in [-0.2, 0) is 4.79 Å². The maximum atomic E-state index is 12.6. The van der Waals surface area contributed by atoms with Gasteiger partial charge in [-0.15, -0.1) is 0 Å². The number of nitrogens with one attached hydrogen (secondary N) is 1. The van der Waals surface area contributed by atoms with Gasteiger partial charge >= 0.3 is 0 Å². The van der Waals surface area contributed by atoms with E-state index < -0.39 is 36.9 Å². The fraction of sp³-hybridized carbons (Fsp3) is 0.877. The minimum atomic E-state index is -1.29. The summed E-state index contributed by atoms with van der Waals surface area (Å²) in [5.41, 5.74) is 0. The minimum Gasteiger partial charge on any atom is -0.394 e. The lowest BCUT2D eigenvalue weighted by atomic mass is 10.00. The van der Waals surface area contributed by atoms with Crippen molar-refractivity contribution in [2.45, 2.75) is 314 Å². The van der Waals surface area contributed by atoms with Gasteiger partial charge in [0.2, 0.25) is 5.91 Å². The molecule has 0 fully saturated rings. The van der Waals surface area contributed by atoms with Crippen LogP contribution in [0.4, 0.5) is 0 Å². The van der Waals surface area contributed by atoms with Gasteiger partial charge < -0.3 is 25.7 Å². The Kier molecular flexibility index (Phi) is 50.3. The van der Waals surface area contributed by atoms with Gasteiger partial charge in [0, 0.05) is 0 Å². The summed E-state index contributed by atoms with van der Waals surface area (Å²) in [6, 6.07) is -1.01. The molecule has 0 aromatic heterocycles. The van der Waals surface area contributed by atoms with Gasteiger partial charge in [-0.05, 0) is 77.0 Å². The number of allylic oxidation sites excluding steroid dienone is 6. The Labute approximate surface area is 392 Å². The van der Waals surface area contributed by atoms with Crippen molar-refractivity contribution in [3.8, 4) is 0 Å². The lowest BCUT2D eigenvalue weighted by molar-refractivity contribution is -0.132. The summed E-state index contributed by atoms with van der Waals surface area (Å²) in [4.78, 5) is 12.6. The van der Waals surface area contributed by atoms with Crippen molar-refractivity contribution in [1.82, 2.24) is 5.32 Å². The van der Waals surface area contributed by atoms with Crippen LogP contribution in [0.25, 0.3) is 0 Å². The molecule has 0 aromatic carbocycles. The van der Waals surface area contributed by atoms with Crippen LogP contribution in [0, 0.1) is 0 Å². The molecule has 0 spiro atoms. The van der Waals surface area contributed by atoms with Crippen LogP contribution >= 0.6 is 0 Å². The molecule has 0 rings (SSSR count). The van der Waals surface area contributed by atoms with Crippen molar-refractivity contribution in [3.05, 3.63) is 36.5 Å². The summed E-state index contributed by atoms with van der Waals surface area (Å²) < 4.78 is 0. The Hall–Kier alpha value is -1.47. The summed E-state index contributed by atoms with van der Waals surface area (Å²) in [6.45, 7) is 4.06. The molecule has 6 heteroatoms. The predicted octanol–water partition coefficient (Wildman–Crippen LogP) is 16.0. The molecule has 5 N–H and O–H groups in total. The van der Waals surface area contributed by atoms with E-state index in [2.05, 4.69) is 55.6 Å². The zero-order chi connectivity index (χ0) is 45.9. The van der Waals surface area contributed by atoms with E-state index >= 15 is 0 Å². The maximum absolute atomic E-state index is 12.6. The Balaban J connectivity index is 3.68. The van der Waals surface area contributed by atoms with Crippen LogP contribution in [0.2, 0.25) is 0 Å². The molecule has 0 aliphatic rings. The molecular formula is C57H109NO5. The number of carbonyl (C=O) groups excluding carboxylic acids is 1. The number of carbonyl (C=O) groups is 1. The first-order valence-electron chi connectivity index (χ1n) is 27.9. The van der Waals surface area contributed by atoms with Gasteiger partial charge in [-0.3, -0.25) is 4.79 Å². The number of hydrogen-bond donors (Lipinski definition) is 5. The van der Waals surface area contributed by atoms with Crippen molar-refractivity contribution >= 4 is 5.91 Å². The second-order valence-corrected chi connectivity index (χ2v) is 19.3. The van der Waals surface area contributed by atoms with E-state index in [1.54, 1.807) is 0 Å². The third kappa shape index (κ3) is 45.5. The Morgan fingerprint density at radius 1 is 0.381 bits per heavy atom. The van der Waals surface area contributed by atoms with Gasteiger partial charge in [0.05, 0.1) is 18.8 Å². The predicted molar refractivity (Wildman–Crippen MR) is 274 cm³/mol. The largest absolute Gasteiger partial charge is 0.394 e. The molecule has 63 heavy (non-hydrogen) atoms. The van der Waals surface area contributed by atoms with Crippen molar-refractivity contribution in [2.75, 3.05) is 6.61 Å². The average Bonchev–Trinajstić information content (AvgIpc) is 3.29. The van der Waals surface area contributed by atoms with Crippen LogP contribution in [0.5, 0.6) is 0 Å². The van der Waals surface area contributed by atoms with Gasteiger partial charge in [0.15, 0.2) is 0 Å². The molecule has 6 nitrogen and oxygen atoms in total. The van der Waals surface area contributed by atoms with E-state index in [9.17, 15) is 25.2 Å². The van der Waals surface area contributed by atoms with Crippen molar-refractivity contribution < 1.29 is 25.2 Å². The monoisotopic (exact) mass is 888 g/mol. The quantitative estimate of drug-likeness (QED) is 0.0309. The molecule has 4 unspecified atom stereocenters. The van der Waals surface area contributed by atoms with E-state index in [1.165, 1.54) is 205 Å². The summed E-state index contributed by atoms with van der Waals surface area (Å²) in [7, 11) is 0. The molecular weight excluding hydrogens is 779 g/mol. The summed E-state index contributed by atoms with van der Waals surface area (Å²) in [5, 5.41) is 43.9. The molecule has 0 aromatic rings. The molecule has 0 aliphatic heterocycles. The number of unbranched alkanes of at least 4 members (excludes halogenated alkanes) is 36. The highest BCUT2D eigenvalue weighted by Gasteiger charge is 2.28. The average molecular weight is 889 g/mol. The molecule has 0 heterocycles. The molecule has 372 valence electrons. The molecule has 0 saturated heterocycles.